The van der Waals surface area contributed by atoms with Crippen LogP contribution in [0.5, 0.6) is 5.75 Å². The summed E-state index contributed by atoms with van der Waals surface area (Å²) in [5.74, 6) is 0.257. The molecule has 2 aromatic carbocycles. The van der Waals surface area contributed by atoms with Crippen LogP contribution >= 0.6 is 0 Å². The van der Waals surface area contributed by atoms with Crippen LogP contribution in [0.2, 0.25) is 0 Å². The van der Waals surface area contributed by atoms with Gasteiger partial charge in [0.05, 0.1) is 11.0 Å². The Balaban J connectivity index is 1.43. The van der Waals surface area contributed by atoms with Crippen molar-refractivity contribution in [3.8, 4) is 5.75 Å². The topological polar surface area (TPSA) is 74.0 Å². The van der Waals surface area contributed by atoms with Crippen molar-refractivity contribution in [1.82, 2.24) is 19.3 Å². The zero-order chi connectivity index (χ0) is 18.8. The SMILES string of the molecule is Cn1c(NC(=O)c2ccn(COc3ccc(F)cc3)n2)nc2ccccc21. The van der Waals surface area contributed by atoms with E-state index in [4.69, 9.17) is 4.74 Å². The summed E-state index contributed by atoms with van der Waals surface area (Å²) in [5, 5.41) is 6.95. The van der Waals surface area contributed by atoms with Gasteiger partial charge in [0, 0.05) is 13.2 Å². The molecule has 136 valence electrons. The van der Waals surface area contributed by atoms with Crippen molar-refractivity contribution in [2.24, 2.45) is 7.05 Å². The van der Waals surface area contributed by atoms with Gasteiger partial charge in [-0.2, -0.15) is 5.10 Å². The van der Waals surface area contributed by atoms with Crippen LogP contribution in [-0.2, 0) is 13.8 Å². The predicted octanol–water partition coefficient (Wildman–Crippen LogP) is 3.20. The third kappa shape index (κ3) is 3.50. The highest BCUT2D eigenvalue weighted by atomic mass is 19.1. The Morgan fingerprint density at radius 3 is 2.70 bits per heavy atom. The van der Waals surface area contributed by atoms with Crippen molar-refractivity contribution in [3.05, 3.63) is 72.3 Å². The van der Waals surface area contributed by atoms with Gasteiger partial charge in [-0.1, -0.05) is 12.1 Å². The molecule has 27 heavy (non-hydrogen) atoms. The highest BCUT2D eigenvalue weighted by Gasteiger charge is 2.14. The van der Waals surface area contributed by atoms with Crippen molar-refractivity contribution in [2.45, 2.75) is 6.73 Å². The molecule has 1 N–H and O–H groups in total. The highest BCUT2D eigenvalue weighted by molar-refractivity contribution is 6.02. The van der Waals surface area contributed by atoms with Gasteiger partial charge in [-0.25, -0.2) is 14.1 Å². The second-order valence-corrected chi connectivity index (χ2v) is 5.91. The second-order valence-electron chi connectivity index (χ2n) is 5.91. The number of halogens is 1. The van der Waals surface area contributed by atoms with Crippen LogP contribution < -0.4 is 10.1 Å². The number of nitrogens with one attached hydrogen (secondary N) is 1. The number of hydrogen-bond donors (Lipinski definition) is 1. The van der Waals surface area contributed by atoms with E-state index in [0.29, 0.717) is 11.7 Å². The van der Waals surface area contributed by atoms with Crippen LogP contribution in [0, 0.1) is 5.82 Å². The number of aryl methyl sites for hydroxylation is 1. The normalized spacial score (nSPS) is 10.9. The first-order valence-corrected chi connectivity index (χ1v) is 8.25. The average molecular weight is 365 g/mol. The molecule has 0 aliphatic carbocycles. The van der Waals surface area contributed by atoms with E-state index in [0.717, 1.165) is 11.0 Å². The minimum Gasteiger partial charge on any atom is -0.471 e. The lowest BCUT2D eigenvalue weighted by Crippen LogP contribution is -2.16. The Morgan fingerprint density at radius 2 is 1.93 bits per heavy atom. The van der Waals surface area contributed by atoms with Gasteiger partial charge < -0.3 is 9.30 Å². The molecule has 8 heteroatoms. The zero-order valence-electron chi connectivity index (χ0n) is 14.5. The van der Waals surface area contributed by atoms with Crippen LogP contribution in [0.15, 0.2) is 60.8 Å². The fourth-order valence-electron chi connectivity index (χ4n) is 2.65. The lowest BCUT2D eigenvalue weighted by molar-refractivity contribution is 0.101. The first-order valence-electron chi connectivity index (χ1n) is 8.25. The standard InChI is InChI=1S/C19H16FN5O2/c1-24-17-5-3-2-4-15(17)21-19(24)22-18(26)16-10-11-25(23-16)12-27-14-8-6-13(20)7-9-14/h2-11H,12H2,1H3,(H,21,22,26). The molecule has 7 nitrogen and oxygen atoms in total. The van der Waals surface area contributed by atoms with Crippen LogP contribution in [0.1, 0.15) is 10.5 Å². The van der Waals surface area contributed by atoms with Crippen LogP contribution in [0.4, 0.5) is 10.3 Å². The van der Waals surface area contributed by atoms with E-state index in [9.17, 15) is 9.18 Å². The molecule has 0 spiro atoms. The number of carbonyl (C=O) groups excluding carboxylic acids is 1. The van der Waals surface area contributed by atoms with Gasteiger partial charge in [0.1, 0.15) is 11.6 Å². The number of imidazole rings is 1. The second kappa shape index (κ2) is 6.91. The molecular weight excluding hydrogens is 349 g/mol. The van der Waals surface area contributed by atoms with Gasteiger partial charge in [-0.05, 0) is 42.5 Å². The van der Waals surface area contributed by atoms with E-state index in [2.05, 4.69) is 15.4 Å². The number of carbonyl (C=O) groups is 1. The molecule has 0 aliphatic rings. The van der Waals surface area contributed by atoms with Gasteiger partial charge in [0.25, 0.3) is 5.91 Å². The number of amides is 1. The maximum Gasteiger partial charge on any atom is 0.278 e. The molecule has 0 atom stereocenters. The molecule has 2 aromatic heterocycles. The largest absolute Gasteiger partial charge is 0.471 e. The number of fused-ring (bicyclic) bond motifs is 1. The zero-order valence-corrected chi connectivity index (χ0v) is 14.5. The van der Waals surface area contributed by atoms with Gasteiger partial charge in [-0.3, -0.25) is 10.1 Å². The molecule has 1 amide bonds. The van der Waals surface area contributed by atoms with Crippen molar-refractivity contribution in [2.75, 3.05) is 5.32 Å². The predicted molar refractivity (Wildman–Crippen MR) is 97.9 cm³/mol. The van der Waals surface area contributed by atoms with Gasteiger partial charge in [0.15, 0.2) is 12.4 Å². The monoisotopic (exact) mass is 365 g/mol. The van der Waals surface area contributed by atoms with Gasteiger partial charge in [0.2, 0.25) is 5.95 Å². The number of ether oxygens (including phenoxy) is 1. The summed E-state index contributed by atoms with van der Waals surface area (Å²) in [6.45, 7) is 0.102. The Labute approximate surface area is 154 Å². The van der Waals surface area contributed by atoms with E-state index in [1.807, 2.05) is 35.9 Å². The molecule has 0 unspecified atom stereocenters. The fourth-order valence-corrected chi connectivity index (χ4v) is 2.65. The summed E-state index contributed by atoms with van der Waals surface area (Å²) in [6.07, 6.45) is 1.63. The average Bonchev–Trinajstić information content (AvgIpc) is 3.27. The van der Waals surface area contributed by atoms with Gasteiger partial charge >= 0.3 is 0 Å². The first kappa shape index (κ1) is 16.8. The van der Waals surface area contributed by atoms with Gasteiger partial charge in [-0.15, -0.1) is 0 Å². The van der Waals surface area contributed by atoms with E-state index in [-0.39, 0.29) is 24.1 Å². The maximum absolute atomic E-state index is 12.9. The smallest absolute Gasteiger partial charge is 0.278 e. The van der Waals surface area contributed by atoms with Crippen LogP contribution in [0.25, 0.3) is 11.0 Å². The molecule has 0 saturated carbocycles. The molecule has 0 bridgehead atoms. The number of rotatable bonds is 5. The van der Waals surface area contributed by atoms with E-state index < -0.39 is 0 Å². The van der Waals surface area contributed by atoms with E-state index in [1.165, 1.54) is 28.9 Å². The molecular formula is C19H16FN5O2. The Kier molecular flexibility index (Phi) is 4.29. The van der Waals surface area contributed by atoms with Crippen molar-refractivity contribution in [1.29, 1.82) is 0 Å². The summed E-state index contributed by atoms with van der Waals surface area (Å²) in [7, 11) is 1.83. The Hall–Kier alpha value is -3.68. The summed E-state index contributed by atoms with van der Waals surface area (Å²) in [4.78, 5) is 16.9. The molecule has 0 saturated heterocycles. The van der Waals surface area contributed by atoms with E-state index in [1.54, 1.807) is 12.3 Å². The minimum atomic E-state index is -0.367. The molecule has 4 rings (SSSR count). The van der Waals surface area contributed by atoms with E-state index >= 15 is 0 Å². The summed E-state index contributed by atoms with van der Waals surface area (Å²) < 4.78 is 21.7. The van der Waals surface area contributed by atoms with Crippen LogP contribution in [0.3, 0.4) is 0 Å². The summed E-state index contributed by atoms with van der Waals surface area (Å²) >= 11 is 0. The lowest BCUT2D eigenvalue weighted by atomic mass is 10.3. The molecule has 0 radical (unpaired) electrons. The third-order valence-corrected chi connectivity index (χ3v) is 4.06. The minimum absolute atomic E-state index is 0.102. The maximum atomic E-state index is 12.9. The number of aromatic nitrogens is 4. The highest BCUT2D eigenvalue weighted by Crippen LogP contribution is 2.18. The molecule has 4 aromatic rings. The number of hydrogen-bond acceptors (Lipinski definition) is 4. The van der Waals surface area contributed by atoms with Crippen LogP contribution in [-0.4, -0.2) is 25.2 Å². The Bertz CT molecular complexity index is 1100. The molecule has 0 aliphatic heterocycles. The van der Waals surface area contributed by atoms with Crippen molar-refractivity contribution in [3.63, 3.8) is 0 Å². The fraction of sp³-hybridized carbons (Fsp3) is 0.105. The molecule has 2 heterocycles. The number of nitrogens with zero attached hydrogens (tertiary/aromatic N) is 4. The van der Waals surface area contributed by atoms with Crippen molar-refractivity contribution < 1.29 is 13.9 Å². The lowest BCUT2D eigenvalue weighted by Gasteiger charge is -2.06. The van der Waals surface area contributed by atoms with Crippen molar-refractivity contribution >= 4 is 22.9 Å². The quantitative estimate of drug-likeness (QED) is 0.589. The summed E-state index contributed by atoms with van der Waals surface area (Å²) in [5.41, 5.74) is 1.96. The first-order chi connectivity index (χ1) is 13.1. The number of anilines is 1. The summed E-state index contributed by atoms with van der Waals surface area (Å²) in [6, 6.07) is 14.9. The molecule has 0 fully saturated rings. The number of para-hydroxylation sites is 2. The number of benzene rings is 2. The Morgan fingerprint density at radius 1 is 1.15 bits per heavy atom. The third-order valence-electron chi connectivity index (χ3n) is 4.06.